The molecule has 8 nitrogen and oxygen atoms in total. The van der Waals surface area contributed by atoms with Crippen LogP contribution in [-0.2, 0) is 9.59 Å². The Morgan fingerprint density at radius 3 is 2.18 bits per heavy atom. The first-order valence-electron chi connectivity index (χ1n) is 11.7. The molecule has 2 heterocycles. The summed E-state index contributed by atoms with van der Waals surface area (Å²) in [5.41, 5.74) is 1.54. The number of piperazine rings is 1. The fourth-order valence-corrected chi connectivity index (χ4v) is 5.57. The largest absolute Gasteiger partial charge is 0.368 e. The van der Waals surface area contributed by atoms with Crippen LogP contribution in [0.2, 0.25) is 0 Å². The molecule has 2 amide bonds. The Kier molecular flexibility index (Phi) is 5.71. The van der Waals surface area contributed by atoms with Gasteiger partial charge in [-0.25, -0.2) is 9.29 Å². The summed E-state index contributed by atoms with van der Waals surface area (Å²) < 4.78 is 13.2. The van der Waals surface area contributed by atoms with Gasteiger partial charge in [-0.1, -0.05) is 6.92 Å². The van der Waals surface area contributed by atoms with Gasteiger partial charge in [-0.2, -0.15) is 0 Å². The molecule has 3 fully saturated rings. The normalized spacial score (nSPS) is 25.0. The van der Waals surface area contributed by atoms with Gasteiger partial charge in [0.05, 0.1) is 22.4 Å². The molecule has 0 radical (unpaired) electrons. The number of halogens is 1. The molecule has 2 aromatic rings. The Bertz CT molecular complexity index is 1130. The number of carbonyl (C=O) groups excluding carboxylic acids is 2. The highest BCUT2D eigenvalue weighted by Crippen LogP contribution is 2.43. The first-order chi connectivity index (χ1) is 16.3. The quantitative estimate of drug-likeness (QED) is 0.385. The van der Waals surface area contributed by atoms with Crippen LogP contribution in [0.3, 0.4) is 0 Å². The lowest BCUT2D eigenvalue weighted by Gasteiger charge is -2.37. The number of anilines is 3. The first kappa shape index (κ1) is 22.3. The van der Waals surface area contributed by atoms with Gasteiger partial charge in [0.1, 0.15) is 11.5 Å². The molecule has 34 heavy (non-hydrogen) atoms. The van der Waals surface area contributed by atoms with E-state index in [1.165, 1.54) is 18.2 Å². The van der Waals surface area contributed by atoms with Gasteiger partial charge < -0.3 is 9.80 Å². The minimum atomic E-state index is -0.453. The van der Waals surface area contributed by atoms with Crippen molar-refractivity contribution in [1.82, 2.24) is 0 Å². The van der Waals surface area contributed by atoms with Crippen LogP contribution in [0.5, 0.6) is 0 Å². The Morgan fingerprint density at radius 1 is 0.882 bits per heavy atom. The highest BCUT2D eigenvalue weighted by molar-refractivity contribution is 6.22. The van der Waals surface area contributed by atoms with Crippen LogP contribution >= 0.6 is 0 Å². The molecule has 2 aliphatic heterocycles. The van der Waals surface area contributed by atoms with Crippen molar-refractivity contribution in [3.63, 3.8) is 0 Å². The minimum Gasteiger partial charge on any atom is -0.368 e. The number of hydrogen-bond donors (Lipinski definition) is 0. The topological polar surface area (TPSA) is 87.0 Å². The van der Waals surface area contributed by atoms with E-state index in [4.69, 9.17) is 0 Å². The summed E-state index contributed by atoms with van der Waals surface area (Å²) in [5.74, 6) is -1.02. The maximum Gasteiger partial charge on any atom is 0.294 e. The van der Waals surface area contributed by atoms with Crippen LogP contribution in [-0.4, -0.2) is 42.9 Å². The number of benzene rings is 2. The van der Waals surface area contributed by atoms with E-state index < -0.39 is 4.92 Å². The maximum atomic E-state index is 13.2. The van der Waals surface area contributed by atoms with Crippen LogP contribution in [0.4, 0.5) is 27.1 Å². The van der Waals surface area contributed by atoms with Gasteiger partial charge in [-0.3, -0.25) is 19.7 Å². The van der Waals surface area contributed by atoms with Crippen molar-refractivity contribution in [1.29, 1.82) is 0 Å². The van der Waals surface area contributed by atoms with E-state index in [9.17, 15) is 24.1 Å². The lowest BCUT2D eigenvalue weighted by Crippen LogP contribution is -2.46. The van der Waals surface area contributed by atoms with Crippen LogP contribution in [0.25, 0.3) is 0 Å². The predicted molar refractivity (Wildman–Crippen MR) is 126 cm³/mol. The molecule has 3 atom stereocenters. The zero-order valence-electron chi connectivity index (χ0n) is 19.0. The van der Waals surface area contributed by atoms with Gasteiger partial charge in [-0.15, -0.1) is 0 Å². The molecule has 0 aromatic heterocycles. The van der Waals surface area contributed by atoms with Crippen LogP contribution < -0.4 is 14.7 Å². The molecule has 178 valence electrons. The molecule has 0 N–H and O–H groups in total. The maximum absolute atomic E-state index is 13.2. The van der Waals surface area contributed by atoms with Crippen LogP contribution in [0.15, 0.2) is 42.5 Å². The summed E-state index contributed by atoms with van der Waals surface area (Å²) in [7, 11) is 0. The monoisotopic (exact) mass is 466 g/mol. The SMILES string of the molecule is CC1CCC2C(=O)N(c3ccc(N4CCN(c5ccc(F)cc5)CC4)c([N+](=O)[O-])c3)C(=O)C2C1. The molecule has 0 bridgehead atoms. The number of rotatable bonds is 4. The number of hydrogen-bond acceptors (Lipinski definition) is 6. The molecule has 3 unspecified atom stereocenters. The molecule has 3 aliphatic rings. The Hall–Kier alpha value is -3.49. The first-order valence-corrected chi connectivity index (χ1v) is 11.7. The van der Waals surface area contributed by atoms with Crippen LogP contribution in [0, 0.1) is 33.7 Å². The minimum absolute atomic E-state index is 0.114. The van der Waals surface area contributed by atoms with Gasteiger partial charge >= 0.3 is 0 Å². The van der Waals surface area contributed by atoms with Crippen molar-refractivity contribution in [2.24, 2.45) is 17.8 Å². The number of amides is 2. The van der Waals surface area contributed by atoms with Crippen molar-refractivity contribution in [3.8, 4) is 0 Å². The summed E-state index contributed by atoms with van der Waals surface area (Å²) in [5, 5.41) is 12.0. The Morgan fingerprint density at radius 2 is 1.50 bits per heavy atom. The molecule has 5 rings (SSSR count). The average Bonchev–Trinajstić information content (AvgIpc) is 3.08. The zero-order chi connectivity index (χ0) is 24.0. The van der Waals surface area contributed by atoms with E-state index in [1.54, 1.807) is 24.3 Å². The fourth-order valence-electron chi connectivity index (χ4n) is 5.57. The van der Waals surface area contributed by atoms with E-state index in [0.717, 1.165) is 17.0 Å². The third-order valence-corrected chi connectivity index (χ3v) is 7.41. The molecule has 0 spiro atoms. The van der Waals surface area contributed by atoms with Gasteiger partial charge in [-0.05, 0) is 61.6 Å². The average molecular weight is 467 g/mol. The molecule has 2 aromatic carbocycles. The van der Waals surface area contributed by atoms with Crippen molar-refractivity contribution < 1.29 is 18.9 Å². The molecular weight excluding hydrogens is 439 g/mol. The highest BCUT2D eigenvalue weighted by Gasteiger charge is 2.50. The zero-order valence-corrected chi connectivity index (χ0v) is 19.0. The van der Waals surface area contributed by atoms with Crippen molar-refractivity contribution in [3.05, 3.63) is 58.4 Å². The third-order valence-electron chi connectivity index (χ3n) is 7.41. The van der Waals surface area contributed by atoms with Gasteiger partial charge in [0, 0.05) is 37.9 Å². The molecule has 9 heteroatoms. The second-order valence-electron chi connectivity index (χ2n) is 9.52. The van der Waals surface area contributed by atoms with E-state index in [1.807, 2.05) is 4.90 Å². The Balaban J connectivity index is 1.36. The number of imide groups is 1. The van der Waals surface area contributed by atoms with E-state index in [-0.39, 0.29) is 40.8 Å². The van der Waals surface area contributed by atoms with Gasteiger partial charge in [0.2, 0.25) is 11.8 Å². The van der Waals surface area contributed by atoms with E-state index in [0.29, 0.717) is 50.6 Å². The molecule has 1 aliphatic carbocycles. The number of fused-ring (bicyclic) bond motifs is 1. The highest BCUT2D eigenvalue weighted by atomic mass is 19.1. The summed E-state index contributed by atoms with van der Waals surface area (Å²) >= 11 is 0. The number of nitro groups is 1. The van der Waals surface area contributed by atoms with Crippen molar-refractivity contribution in [2.75, 3.05) is 40.9 Å². The fraction of sp³-hybridized carbons (Fsp3) is 0.440. The second kappa shape index (κ2) is 8.70. The predicted octanol–water partition coefficient (Wildman–Crippen LogP) is 3.99. The Labute approximate surface area is 197 Å². The van der Waals surface area contributed by atoms with E-state index in [2.05, 4.69) is 11.8 Å². The molecular formula is C25H27FN4O4. The molecule has 2 saturated heterocycles. The number of nitrogens with zero attached hydrogens (tertiary/aromatic N) is 4. The smallest absolute Gasteiger partial charge is 0.294 e. The lowest BCUT2D eigenvalue weighted by molar-refractivity contribution is -0.384. The summed E-state index contributed by atoms with van der Waals surface area (Å²) in [4.78, 5) is 42.8. The van der Waals surface area contributed by atoms with Crippen molar-refractivity contribution >= 4 is 34.6 Å². The standard InChI is InChI=1S/C25H27FN4O4/c1-16-2-8-20-21(14-16)25(32)29(24(20)31)19-7-9-22(23(15-19)30(33)34)28-12-10-27(11-13-28)18-5-3-17(26)4-6-18/h3-7,9,15-16,20-21H,2,8,10-14H2,1H3. The summed E-state index contributed by atoms with van der Waals surface area (Å²) in [6, 6.07) is 10.9. The molecule has 1 saturated carbocycles. The van der Waals surface area contributed by atoms with Crippen LogP contribution in [0.1, 0.15) is 26.2 Å². The van der Waals surface area contributed by atoms with E-state index >= 15 is 0 Å². The van der Waals surface area contributed by atoms with Crippen molar-refractivity contribution in [2.45, 2.75) is 26.2 Å². The number of nitro benzene ring substituents is 1. The summed E-state index contributed by atoms with van der Waals surface area (Å²) in [6.07, 6.45) is 2.28. The lowest BCUT2D eigenvalue weighted by atomic mass is 9.76. The van der Waals surface area contributed by atoms with Gasteiger partial charge in [0.25, 0.3) is 5.69 Å². The summed E-state index contributed by atoms with van der Waals surface area (Å²) in [6.45, 7) is 4.47. The third kappa shape index (κ3) is 3.89. The second-order valence-corrected chi connectivity index (χ2v) is 9.52. The van der Waals surface area contributed by atoms with Gasteiger partial charge in [0.15, 0.2) is 0 Å². The number of carbonyl (C=O) groups is 2.